The van der Waals surface area contributed by atoms with E-state index in [9.17, 15) is 23.2 Å². The Morgan fingerprint density at radius 1 is 1.19 bits per heavy atom. The Labute approximate surface area is 150 Å². The zero-order valence-electron chi connectivity index (χ0n) is 14.9. The molecule has 0 radical (unpaired) electrons. The molecule has 1 fully saturated rings. The van der Waals surface area contributed by atoms with Crippen molar-refractivity contribution in [1.29, 1.82) is 0 Å². The van der Waals surface area contributed by atoms with Gasteiger partial charge in [0.2, 0.25) is 11.8 Å². The lowest BCUT2D eigenvalue weighted by Gasteiger charge is -2.31. The average Bonchev–Trinajstić information content (AvgIpc) is 2.58. The zero-order chi connectivity index (χ0) is 19.3. The number of hydrogen-bond donors (Lipinski definition) is 2. The maximum Gasteiger partial charge on any atom is 0.256 e. The lowest BCUT2D eigenvalue weighted by atomic mass is 9.95. The molecule has 0 unspecified atom stereocenters. The summed E-state index contributed by atoms with van der Waals surface area (Å²) in [6.45, 7) is 4.17. The highest BCUT2D eigenvalue weighted by molar-refractivity contribution is 5.94. The third-order valence-electron chi connectivity index (χ3n) is 4.19. The molecule has 1 aliphatic heterocycles. The van der Waals surface area contributed by atoms with Crippen LogP contribution in [-0.2, 0) is 9.59 Å². The first kappa shape index (κ1) is 19.8. The Kier molecular flexibility index (Phi) is 6.65. The van der Waals surface area contributed by atoms with Crippen LogP contribution >= 0.6 is 0 Å². The molecule has 0 atom stereocenters. The maximum atomic E-state index is 13.7. The fourth-order valence-electron chi connectivity index (χ4n) is 2.86. The lowest BCUT2D eigenvalue weighted by molar-refractivity contribution is -0.129. The van der Waals surface area contributed by atoms with Gasteiger partial charge in [0.1, 0.15) is 11.6 Å². The van der Waals surface area contributed by atoms with E-state index in [1.807, 2.05) is 13.8 Å². The first-order valence-corrected chi connectivity index (χ1v) is 8.59. The van der Waals surface area contributed by atoms with Crippen LogP contribution in [0.2, 0.25) is 0 Å². The van der Waals surface area contributed by atoms with Crippen LogP contribution in [0, 0.1) is 17.6 Å². The van der Waals surface area contributed by atoms with Crippen LogP contribution in [0.15, 0.2) is 18.2 Å². The van der Waals surface area contributed by atoms with Gasteiger partial charge >= 0.3 is 0 Å². The highest BCUT2D eigenvalue weighted by Crippen LogP contribution is 2.20. The van der Waals surface area contributed by atoms with Crippen LogP contribution in [0.1, 0.15) is 37.0 Å². The molecule has 0 spiro atoms. The molecule has 0 aliphatic carbocycles. The normalized spacial score (nSPS) is 15.0. The molecule has 26 heavy (non-hydrogen) atoms. The molecule has 0 aromatic heterocycles. The number of amides is 3. The maximum absolute atomic E-state index is 13.7. The molecule has 1 aliphatic rings. The lowest BCUT2D eigenvalue weighted by Crippen LogP contribution is -2.45. The number of carbonyl (C=O) groups is 3. The van der Waals surface area contributed by atoms with E-state index in [-0.39, 0.29) is 35.9 Å². The molecule has 3 amide bonds. The van der Waals surface area contributed by atoms with Crippen molar-refractivity contribution in [1.82, 2.24) is 15.5 Å². The Morgan fingerprint density at radius 2 is 1.85 bits per heavy atom. The van der Waals surface area contributed by atoms with Crippen LogP contribution in [-0.4, -0.2) is 48.3 Å². The summed E-state index contributed by atoms with van der Waals surface area (Å²) < 4.78 is 26.7. The van der Waals surface area contributed by atoms with Gasteiger partial charge in [0.15, 0.2) is 0 Å². The predicted molar refractivity (Wildman–Crippen MR) is 91.3 cm³/mol. The highest BCUT2D eigenvalue weighted by atomic mass is 19.1. The van der Waals surface area contributed by atoms with Gasteiger partial charge in [-0.05, 0) is 38.8 Å². The largest absolute Gasteiger partial charge is 0.352 e. The third-order valence-corrected chi connectivity index (χ3v) is 4.19. The molecule has 1 heterocycles. The fraction of sp³-hybridized carbons (Fsp3) is 0.500. The molecule has 1 aromatic carbocycles. The molecular formula is C18H23F2N3O3. The summed E-state index contributed by atoms with van der Waals surface area (Å²) in [5.74, 6) is -2.94. The van der Waals surface area contributed by atoms with E-state index in [1.54, 1.807) is 0 Å². The number of rotatable bonds is 5. The number of nitrogens with zero attached hydrogens (tertiary/aromatic N) is 1. The fourth-order valence-corrected chi connectivity index (χ4v) is 2.86. The van der Waals surface area contributed by atoms with Crippen molar-refractivity contribution in [2.24, 2.45) is 5.92 Å². The van der Waals surface area contributed by atoms with Crippen LogP contribution in [0.5, 0.6) is 0 Å². The molecule has 1 saturated heterocycles. The van der Waals surface area contributed by atoms with Crippen LogP contribution in [0.3, 0.4) is 0 Å². The summed E-state index contributed by atoms with van der Waals surface area (Å²) >= 11 is 0. The SMILES string of the molecule is CC(C)NC(=O)CNC(=O)C1CCN(C(=O)c2ccc(F)cc2F)CC1. The van der Waals surface area contributed by atoms with Gasteiger partial charge in [-0.25, -0.2) is 8.78 Å². The standard InChI is InChI=1S/C18H23F2N3O3/c1-11(2)22-16(24)10-21-17(25)12-5-7-23(8-6-12)18(26)14-4-3-13(19)9-15(14)20/h3-4,9,11-12H,5-8,10H2,1-2H3,(H,21,25)(H,22,24). The third kappa shape index (κ3) is 5.24. The van der Waals surface area contributed by atoms with Crippen molar-refractivity contribution in [2.75, 3.05) is 19.6 Å². The second-order valence-corrected chi connectivity index (χ2v) is 6.63. The van der Waals surface area contributed by atoms with Crippen LogP contribution < -0.4 is 10.6 Å². The number of piperidine rings is 1. The van der Waals surface area contributed by atoms with Gasteiger partial charge < -0.3 is 15.5 Å². The first-order chi connectivity index (χ1) is 12.3. The van der Waals surface area contributed by atoms with Crippen molar-refractivity contribution in [3.05, 3.63) is 35.4 Å². The van der Waals surface area contributed by atoms with Gasteiger partial charge in [0, 0.05) is 31.1 Å². The zero-order valence-corrected chi connectivity index (χ0v) is 14.9. The van der Waals surface area contributed by atoms with Gasteiger partial charge in [-0.3, -0.25) is 14.4 Å². The summed E-state index contributed by atoms with van der Waals surface area (Å²) in [7, 11) is 0. The minimum atomic E-state index is -0.897. The van der Waals surface area contributed by atoms with E-state index in [0.717, 1.165) is 12.1 Å². The van der Waals surface area contributed by atoms with Crippen molar-refractivity contribution < 1.29 is 23.2 Å². The Bertz CT molecular complexity index is 686. The van der Waals surface area contributed by atoms with Crippen molar-refractivity contribution >= 4 is 17.7 Å². The molecule has 6 nitrogen and oxygen atoms in total. The Balaban J connectivity index is 1.83. The molecule has 142 valence electrons. The summed E-state index contributed by atoms with van der Waals surface area (Å²) in [6.07, 6.45) is 0.846. The summed E-state index contributed by atoms with van der Waals surface area (Å²) in [5.41, 5.74) is -0.181. The Morgan fingerprint density at radius 3 is 2.42 bits per heavy atom. The summed E-state index contributed by atoms with van der Waals surface area (Å²) in [6, 6.07) is 2.84. The van der Waals surface area contributed by atoms with Crippen molar-refractivity contribution in [3.63, 3.8) is 0 Å². The van der Waals surface area contributed by atoms with E-state index in [2.05, 4.69) is 10.6 Å². The van der Waals surface area contributed by atoms with Crippen LogP contribution in [0.25, 0.3) is 0 Å². The quantitative estimate of drug-likeness (QED) is 0.827. The smallest absolute Gasteiger partial charge is 0.256 e. The number of benzene rings is 1. The van der Waals surface area contributed by atoms with Crippen LogP contribution in [0.4, 0.5) is 8.78 Å². The summed E-state index contributed by atoms with van der Waals surface area (Å²) in [4.78, 5) is 37.5. The number of likely N-dealkylation sites (tertiary alicyclic amines) is 1. The molecule has 8 heteroatoms. The topological polar surface area (TPSA) is 78.5 Å². The molecule has 2 rings (SSSR count). The van der Waals surface area contributed by atoms with Gasteiger partial charge in [-0.1, -0.05) is 0 Å². The van der Waals surface area contributed by atoms with Gasteiger partial charge in [-0.15, -0.1) is 0 Å². The summed E-state index contributed by atoms with van der Waals surface area (Å²) in [5, 5.41) is 5.27. The second-order valence-electron chi connectivity index (χ2n) is 6.63. The van der Waals surface area contributed by atoms with E-state index in [0.29, 0.717) is 32.0 Å². The van der Waals surface area contributed by atoms with Crippen molar-refractivity contribution in [3.8, 4) is 0 Å². The molecule has 2 N–H and O–H groups in total. The number of halogens is 2. The monoisotopic (exact) mass is 367 g/mol. The first-order valence-electron chi connectivity index (χ1n) is 8.59. The molecule has 0 bridgehead atoms. The van der Waals surface area contributed by atoms with E-state index in [4.69, 9.17) is 0 Å². The van der Waals surface area contributed by atoms with Crippen molar-refractivity contribution in [2.45, 2.75) is 32.7 Å². The Hall–Kier alpha value is -2.51. The second kappa shape index (κ2) is 8.73. The average molecular weight is 367 g/mol. The van der Waals surface area contributed by atoms with Gasteiger partial charge in [-0.2, -0.15) is 0 Å². The molecule has 0 saturated carbocycles. The minimum Gasteiger partial charge on any atom is -0.352 e. The highest BCUT2D eigenvalue weighted by Gasteiger charge is 2.29. The van der Waals surface area contributed by atoms with E-state index in [1.165, 1.54) is 4.90 Å². The number of nitrogens with one attached hydrogen (secondary N) is 2. The van der Waals surface area contributed by atoms with Gasteiger partial charge in [0.05, 0.1) is 12.1 Å². The number of hydrogen-bond acceptors (Lipinski definition) is 3. The molecular weight excluding hydrogens is 344 g/mol. The van der Waals surface area contributed by atoms with E-state index >= 15 is 0 Å². The predicted octanol–water partition coefficient (Wildman–Crippen LogP) is 1.46. The minimum absolute atomic E-state index is 0.000472. The van der Waals surface area contributed by atoms with E-state index < -0.39 is 17.5 Å². The number of carbonyl (C=O) groups excluding carboxylic acids is 3. The molecule has 1 aromatic rings. The van der Waals surface area contributed by atoms with Gasteiger partial charge in [0.25, 0.3) is 5.91 Å².